The van der Waals surface area contributed by atoms with Gasteiger partial charge in [-0.2, -0.15) is 0 Å². The molecule has 0 bridgehead atoms. The smallest absolute Gasteiger partial charge is 0.269 e. The molecular formula is C40H43ClN2O6. The van der Waals surface area contributed by atoms with Gasteiger partial charge in [-0.1, -0.05) is 81.8 Å². The van der Waals surface area contributed by atoms with Crippen LogP contribution in [0.5, 0.6) is 11.5 Å². The molecule has 0 spiro atoms. The molecule has 0 aromatic heterocycles. The molecule has 3 aliphatic rings. The van der Waals surface area contributed by atoms with Crippen LogP contribution in [0.3, 0.4) is 0 Å². The fourth-order valence-electron chi connectivity index (χ4n) is 7.61. The van der Waals surface area contributed by atoms with Crippen molar-refractivity contribution >= 4 is 28.9 Å². The number of nitro benzene ring substituents is 1. The third kappa shape index (κ3) is 7.16. The lowest BCUT2D eigenvalue weighted by Gasteiger charge is -2.49. The van der Waals surface area contributed by atoms with E-state index in [9.17, 15) is 19.7 Å². The number of carbonyl (C=O) groups excluding carboxylic acids is 2. The SMILES string of the molecule is CCOc1cc(C2C3=C(CC(C)(C)CC3=O)N(CCc3ccccc3)C3=C2C(=O)CC(C)(C)C3)cc(Cl)c1OCc1cccc([N+](=O)[O-])c1. The number of ketones is 2. The molecule has 0 saturated heterocycles. The minimum atomic E-state index is -0.590. The predicted octanol–water partition coefficient (Wildman–Crippen LogP) is 9.15. The standard InChI is InChI=1S/C40H43ClN2O6/c1-6-48-34-19-27(18-29(41)38(34)49-24-26-13-10-14-28(17-26)43(46)47)35-36-30(20-39(2,3)22-32(36)44)42(16-15-25-11-8-7-9-12-25)31-21-40(4,5)23-33(45)37(31)35/h7-14,17-19,35H,6,15-16,20-24H2,1-5H3. The molecule has 6 rings (SSSR count). The van der Waals surface area contributed by atoms with Crippen LogP contribution >= 0.6 is 11.6 Å². The number of rotatable bonds is 10. The Morgan fingerprint density at radius 1 is 0.837 bits per heavy atom. The molecule has 0 atom stereocenters. The Morgan fingerprint density at radius 2 is 1.45 bits per heavy atom. The molecule has 9 heteroatoms. The predicted molar refractivity (Wildman–Crippen MR) is 190 cm³/mol. The lowest BCUT2D eigenvalue weighted by atomic mass is 9.63. The summed E-state index contributed by atoms with van der Waals surface area (Å²) in [6, 6.07) is 20.2. The number of ether oxygens (including phenoxy) is 2. The highest BCUT2D eigenvalue weighted by Gasteiger charge is 2.49. The fraction of sp³-hybridized carbons (Fsp3) is 0.400. The molecule has 8 nitrogen and oxygen atoms in total. The van der Waals surface area contributed by atoms with Gasteiger partial charge in [-0.3, -0.25) is 19.7 Å². The normalized spacial score (nSPS) is 18.7. The van der Waals surface area contributed by atoms with Crippen molar-refractivity contribution in [2.24, 2.45) is 10.8 Å². The van der Waals surface area contributed by atoms with E-state index in [4.69, 9.17) is 21.1 Å². The first-order valence-corrected chi connectivity index (χ1v) is 17.3. The average molecular weight is 683 g/mol. The minimum Gasteiger partial charge on any atom is -0.490 e. The maximum Gasteiger partial charge on any atom is 0.269 e. The first kappa shape index (κ1) is 34.4. The largest absolute Gasteiger partial charge is 0.490 e. The van der Waals surface area contributed by atoms with Crippen LogP contribution in [0.1, 0.15) is 82.9 Å². The van der Waals surface area contributed by atoms with Gasteiger partial charge >= 0.3 is 0 Å². The highest BCUT2D eigenvalue weighted by atomic mass is 35.5. The second kappa shape index (κ2) is 13.5. The molecule has 3 aromatic carbocycles. The lowest BCUT2D eigenvalue weighted by molar-refractivity contribution is -0.384. The molecule has 1 aliphatic heterocycles. The van der Waals surface area contributed by atoms with Gasteiger partial charge in [0.1, 0.15) is 6.61 Å². The van der Waals surface area contributed by atoms with Crippen LogP contribution in [-0.4, -0.2) is 34.5 Å². The molecular weight excluding hydrogens is 640 g/mol. The van der Waals surface area contributed by atoms with Crippen molar-refractivity contribution in [1.29, 1.82) is 0 Å². The van der Waals surface area contributed by atoms with Crippen LogP contribution in [0.4, 0.5) is 5.69 Å². The summed E-state index contributed by atoms with van der Waals surface area (Å²) in [5.41, 5.74) is 5.33. The summed E-state index contributed by atoms with van der Waals surface area (Å²) in [4.78, 5) is 41.8. The van der Waals surface area contributed by atoms with Gasteiger partial charge in [-0.05, 0) is 65.8 Å². The second-order valence-corrected chi connectivity index (χ2v) is 15.3. The molecule has 0 fully saturated rings. The minimum absolute atomic E-state index is 0.0310. The van der Waals surface area contributed by atoms with E-state index in [1.54, 1.807) is 18.2 Å². The Labute approximate surface area is 292 Å². The monoisotopic (exact) mass is 682 g/mol. The lowest BCUT2D eigenvalue weighted by Crippen LogP contribution is -2.45. The molecule has 2 aliphatic carbocycles. The van der Waals surface area contributed by atoms with Crippen molar-refractivity contribution in [2.45, 2.75) is 79.2 Å². The molecule has 0 amide bonds. The third-order valence-corrected chi connectivity index (χ3v) is 9.94. The average Bonchev–Trinajstić information content (AvgIpc) is 3.02. The van der Waals surface area contributed by atoms with Crippen LogP contribution in [0.15, 0.2) is 89.3 Å². The number of carbonyl (C=O) groups is 2. The highest BCUT2D eigenvalue weighted by Crippen LogP contribution is 2.55. The van der Waals surface area contributed by atoms with E-state index in [0.717, 1.165) is 17.8 Å². The van der Waals surface area contributed by atoms with Crippen molar-refractivity contribution in [3.63, 3.8) is 0 Å². The summed E-state index contributed by atoms with van der Waals surface area (Å²) in [7, 11) is 0. The Balaban J connectivity index is 1.47. The Bertz CT molecular complexity index is 1820. The molecule has 3 aromatic rings. The zero-order chi connectivity index (χ0) is 35.1. The summed E-state index contributed by atoms with van der Waals surface area (Å²) in [6.45, 7) is 11.4. The fourth-order valence-corrected chi connectivity index (χ4v) is 7.88. The zero-order valence-electron chi connectivity index (χ0n) is 28.8. The Kier molecular flexibility index (Phi) is 9.46. The van der Waals surface area contributed by atoms with Crippen molar-refractivity contribution in [3.05, 3.63) is 121 Å². The van der Waals surface area contributed by atoms with Gasteiger partial charge in [0.05, 0.1) is 16.6 Å². The molecule has 1 heterocycles. The van der Waals surface area contributed by atoms with Crippen molar-refractivity contribution in [3.8, 4) is 11.5 Å². The number of nitrogens with zero attached hydrogens (tertiary/aromatic N) is 2. The van der Waals surface area contributed by atoms with Gasteiger partial charge in [0.15, 0.2) is 23.1 Å². The van der Waals surface area contributed by atoms with Gasteiger partial charge in [0.25, 0.3) is 5.69 Å². The number of halogens is 1. The summed E-state index contributed by atoms with van der Waals surface area (Å²) >= 11 is 6.97. The number of hydrogen-bond donors (Lipinski definition) is 0. The van der Waals surface area contributed by atoms with Gasteiger partial charge in [0.2, 0.25) is 0 Å². The van der Waals surface area contributed by atoms with Crippen LogP contribution in [0.2, 0.25) is 5.02 Å². The van der Waals surface area contributed by atoms with Crippen molar-refractivity contribution in [2.75, 3.05) is 13.2 Å². The van der Waals surface area contributed by atoms with E-state index in [1.807, 2.05) is 31.2 Å². The molecule has 0 radical (unpaired) electrons. The maximum absolute atomic E-state index is 14.3. The van der Waals surface area contributed by atoms with E-state index in [-0.39, 0.29) is 39.7 Å². The first-order valence-electron chi connectivity index (χ1n) is 16.9. The molecule has 0 unspecified atom stereocenters. The molecule has 256 valence electrons. The summed E-state index contributed by atoms with van der Waals surface area (Å²) in [6.07, 6.45) is 2.96. The van der Waals surface area contributed by atoms with Gasteiger partial charge in [-0.25, -0.2) is 0 Å². The summed E-state index contributed by atoms with van der Waals surface area (Å²) in [5.74, 6) is 0.191. The highest BCUT2D eigenvalue weighted by molar-refractivity contribution is 6.32. The number of Topliss-reactive ketones (excluding diaryl/α,β-unsaturated/α-hetero) is 2. The number of benzene rings is 3. The van der Waals surface area contributed by atoms with Gasteiger partial charge < -0.3 is 14.4 Å². The Hall–Kier alpha value is -4.43. The second-order valence-electron chi connectivity index (χ2n) is 14.9. The van der Waals surface area contributed by atoms with Crippen LogP contribution in [-0.2, 0) is 22.6 Å². The molecule has 49 heavy (non-hydrogen) atoms. The maximum atomic E-state index is 14.3. The van der Waals surface area contributed by atoms with E-state index in [1.165, 1.54) is 17.7 Å². The van der Waals surface area contributed by atoms with Crippen molar-refractivity contribution < 1.29 is 24.0 Å². The van der Waals surface area contributed by atoms with E-state index < -0.39 is 10.8 Å². The zero-order valence-corrected chi connectivity index (χ0v) is 29.6. The van der Waals surface area contributed by atoms with Crippen LogP contribution < -0.4 is 9.47 Å². The van der Waals surface area contributed by atoms with Crippen molar-refractivity contribution in [1.82, 2.24) is 4.90 Å². The van der Waals surface area contributed by atoms with Crippen LogP contribution in [0.25, 0.3) is 0 Å². The number of non-ortho nitro benzene ring substituents is 1. The number of nitro groups is 1. The van der Waals surface area contributed by atoms with E-state index in [0.29, 0.717) is 72.6 Å². The Morgan fingerprint density at radius 3 is 2.04 bits per heavy atom. The van der Waals surface area contributed by atoms with E-state index in [2.05, 4.69) is 44.7 Å². The van der Waals surface area contributed by atoms with Crippen LogP contribution in [0, 0.1) is 20.9 Å². The summed E-state index contributed by atoms with van der Waals surface area (Å²) < 4.78 is 12.2. The van der Waals surface area contributed by atoms with Gasteiger partial charge in [0, 0.05) is 60.0 Å². The topological polar surface area (TPSA) is 99.0 Å². The first-order chi connectivity index (χ1) is 23.3. The third-order valence-electron chi connectivity index (χ3n) is 9.66. The number of hydrogen-bond acceptors (Lipinski definition) is 7. The molecule has 0 N–H and O–H groups in total. The number of allylic oxidation sites excluding steroid dienone is 4. The summed E-state index contributed by atoms with van der Waals surface area (Å²) in [5, 5.41) is 11.6. The van der Waals surface area contributed by atoms with E-state index >= 15 is 0 Å². The van der Waals surface area contributed by atoms with Gasteiger partial charge in [-0.15, -0.1) is 0 Å². The quantitative estimate of drug-likeness (QED) is 0.155. The molecule has 0 saturated carbocycles.